The van der Waals surface area contributed by atoms with Crippen LogP contribution >= 0.6 is 0 Å². The average Bonchev–Trinajstić information content (AvgIpc) is 1.88. The molecule has 0 unspecified atom stereocenters. The van der Waals surface area contributed by atoms with Crippen LogP contribution in [0.15, 0.2) is 12.3 Å². The lowest BCUT2D eigenvalue weighted by Crippen LogP contribution is -1.89. The molecule has 0 aliphatic rings. The van der Waals surface area contributed by atoms with Gasteiger partial charge in [0.2, 0.25) is 11.7 Å². The summed E-state index contributed by atoms with van der Waals surface area (Å²) >= 11 is 0. The van der Waals surface area contributed by atoms with Gasteiger partial charge in [-0.1, -0.05) is 0 Å². The molecule has 0 spiro atoms. The van der Waals surface area contributed by atoms with Crippen molar-refractivity contribution in [2.75, 3.05) is 0 Å². The van der Waals surface area contributed by atoms with E-state index in [1.54, 1.807) is 0 Å². The maximum atomic E-state index is 9.80. The Morgan fingerprint density at radius 2 is 2.44 bits per heavy atom. The van der Waals surface area contributed by atoms with E-state index in [0.717, 1.165) is 0 Å². The third kappa shape index (κ3) is 1.22. The maximum absolute atomic E-state index is 9.80. The topological polar surface area (TPSA) is 63.1 Å². The normalized spacial score (nSPS) is 8.89. The van der Waals surface area contributed by atoms with E-state index < -0.39 is 0 Å². The van der Waals surface area contributed by atoms with E-state index in [0.29, 0.717) is 0 Å². The van der Waals surface area contributed by atoms with Crippen molar-refractivity contribution in [3.05, 3.63) is 18.1 Å². The van der Waals surface area contributed by atoms with Crippen molar-refractivity contribution in [1.82, 2.24) is 9.97 Å². The molecule has 0 aliphatic carbocycles. The fourth-order valence-corrected chi connectivity index (χ4v) is 0.398. The lowest BCUT2D eigenvalue weighted by molar-refractivity contribution is 0.450. The quantitative estimate of drug-likeness (QED) is 0.553. The van der Waals surface area contributed by atoms with E-state index in [1.807, 2.05) is 0 Å². The largest absolute Gasteiger partial charge is 0.493 e. The van der Waals surface area contributed by atoms with E-state index in [1.165, 1.54) is 18.5 Å². The van der Waals surface area contributed by atoms with Gasteiger partial charge < -0.3 is 5.11 Å². The molecular weight excluding hydrogens is 120 g/mol. The molecule has 0 saturated carbocycles. The van der Waals surface area contributed by atoms with Gasteiger partial charge in [0.15, 0.2) is 0 Å². The lowest BCUT2D eigenvalue weighted by Gasteiger charge is -1.86. The van der Waals surface area contributed by atoms with Crippen LogP contribution in [-0.4, -0.2) is 21.4 Å². The summed E-state index contributed by atoms with van der Waals surface area (Å²) in [6.45, 7) is 0. The van der Waals surface area contributed by atoms with Gasteiger partial charge in [-0.3, -0.25) is 4.79 Å². The molecule has 1 heterocycles. The van der Waals surface area contributed by atoms with Gasteiger partial charge in [0.25, 0.3) is 6.29 Å². The van der Waals surface area contributed by atoms with Crippen molar-refractivity contribution in [3.8, 4) is 5.88 Å². The van der Waals surface area contributed by atoms with Gasteiger partial charge in [0.05, 0.1) is 0 Å². The third-order valence-electron chi connectivity index (χ3n) is 0.732. The Balaban J connectivity index is 3.07. The molecule has 45 valence electrons. The summed E-state index contributed by atoms with van der Waals surface area (Å²) in [6.07, 6.45) is 2.72. The molecule has 0 bridgehead atoms. The summed E-state index contributed by atoms with van der Waals surface area (Å²) in [7, 11) is 0. The second-order valence-electron chi connectivity index (χ2n) is 1.34. The first-order valence-corrected chi connectivity index (χ1v) is 2.23. The minimum atomic E-state index is -0.219. The second-order valence-corrected chi connectivity index (χ2v) is 1.34. The molecule has 0 fully saturated rings. The first-order valence-electron chi connectivity index (χ1n) is 2.23. The summed E-state index contributed by atoms with van der Waals surface area (Å²) in [5.74, 6) is -0.349. The fourth-order valence-electron chi connectivity index (χ4n) is 0.398. The summed E-state index contributed by atoms with van der Waals surface area (Å²) in [5.41, 5.74) is 0. The second kappa shape index (κ2) is 2.21. The Hall–Kier alpha value is -1.45. The number of nitrogens with zero attached hydrogens (tertiary/aromatic N) is 2. The predicted molar refractivity (Wildman–Crippen MR) is 28.5 cm³/mol. The van der Waals surface area contributed by atoms with Gasteiger partial charge in [-0.25, -0.2) is 4.98 Å². The number of aromatic nitrogens is 2. The maximum Gasteiger partial charge on any atom is 0.274 e. The van der Waals surface area contributed by atoms with Crippen LogP contribution in [0.2, 0.25) is 0 Å². The van der Waals surface area contributed by atoms with Crippen molar-refractivity contribution in [2.45, 2.75) is 0 Å². The molecule has 0 aromatic carbocycles. The van der Waals surface area contributed by atoms with E-state index >= 15 is 0 Å². The van der Waals surface area contributed by atoms with E-state index in [9.17, 15) is 4.79 Å². The number of hydrogen-bond acceptors (Lipinski definition) is 4. The predicted octanol–water partition coefficient (Wildman–Crippen LogP) is -0.360. The summed E-state index contributed by atoms with van der Waals surface area (Å²) in [4.78, 5) is 16.6. The van der Waals surface area contributed by atoms with Crippen LogP contribution in [0.5, 0.6) is 5.88 Å². The Labute approximate surface area is 51.2 Å². The van der Waals surface area contributed by atoms with E-state index in [2.05, 4.69) is 9.97 Å². The minimum absolute atomic E-state index is 0.130. The van der Waals surface area contributed by atoms with Gasteiger partial charge in [-0.05, 0) is 0 Å². The van der Waals surface area contributed by atoms with Crippen molar-refractivity contribution in [1.29, 1.82) is 0 Å². The van der Waals surface area contributed by atoms with Gasteiger partial charge in [-0.2, -0.15) is 4.98 Å². The van der Waals surface area contributed by atoms with Crippen LogP contribution in [-0.2, 0) is 4.79 Å². The van der Waals surface area contributed by atoms with Crippen LogP contribution in [0.4, 0.5) is 0 Å². The molecule has 1 N–H and O–H groups in total. The highest BCUT2D eigenvalue weighted by molar-refractivity contribution is 5.69. The third-order valence-corrected chi connectivity index (χ3v) is 0.732. The van der Waals surface area contributed by atoms with Gasteiger partial charge >= 0.3 is 0 Å². The van der Waals surface area contributed by atoms with Gasteiger partial charge in [0, 0.05) is 12.3 Å². The molecule has 0 saturated heterocycles. The molecule has 9 heavy (non-hydrogen) atoms. The van der Waals surface area contributed by atoms with Crippen molar-refractivity contribution < 1.29 is 9.90 Å². The number of hydrogen-bond donors (Lipinski definition) is 1. The monoisotopic (exact) mass is 123 g/mol. The molecule has 1 rings (SSSR count). The molecule has 0 atom stereocenters. The molecule has 0 aliphatic heterocycles. The molecule has 1 radical (unpaired) electrons. The van der Waals surface area contributed by atoms with Gasteiger partial charge in [0.1, 0.15) is 0 Å². The Bertz CT molecular complexity index is 224. The molecule has 4 nitrogen and oxygen atoms in total. The number of aromatic hydroxyl groups is 1. The van der Waals surface area contributed by atoms with E-state index in [-0.39, 0.29) is 11.7 Å². The number of rotatable bonds is 1. The summed E-state index contributed by atoms with van der Waals surface area (Å²) < 4.78 is 0. The SMILES string of the molecule is O=[C]c1nccc(O)n1. The van der Waals surface area contributed by atoms with Crippen LogP contribution < -0.4 is 0 Å². The zero-order valence-electron chi connectivity index (χ0n) is 4.40. The van der Waals surface area contributed by atoms with Crippen molar-refractivity contribution >= 4 is 6.29 Å². The summed E-state index contributed by atoms with van der Waals surface area (Å²) in [6, 6.07) is 1.28. The highest BCUT2D eigenvalue weighted by Gasteiger charge is 1.93. The van der Waals surface area contributed by atoms with Crippen LogP contribution in [0.1, 0.15) is 5.82 Å². The molecule has 0 amide bonds. The Kier molecular flexibility index (Phi) is 1.40. The number of carbonyl (C=O) groups excluding carboxylic acids is 1. The molecule has 1 aromatic heterocycles. The average molecular weight is 123 g/mol. The highest BCUT2D eigenvalue weighted by atomic mass is 16.3. The first-order chi connectivity index (χ1) is 4.33. The molecular formula is C5H3N2O2. The highest BCUT2D eigenvalue weighted by Crippen LogP contribution is 1.98. The molecule has 1 aromatic rings. The summed E-state index contributed by atoms with van der Waals surface area (Å²) in [5, 5.41) is 8.61. The standard InChI is InChI=1S/C5H3N2O2/c8-3-4-6-2-1-5(9)7-4/h1-2H,(H,6,7,9). The lowest BCUT2D eigenvalue weighted by atomic mass is 10.6. The van der Waals surface area contributed by atoms with Crippen molar-refractivity contribution in [2.24, 2.45) is 0 Å². The van der Waals surface area contributed by atoms with Crippen molar-refractivity contribution in [3.63, 3.8) is 0 Å². The first kappa shape index (κ1) is 5.68. The minimum Gasteiger partial charge on any atom is -0.493 e. The van der Waals surface area contributed by atoms with Gasteiger partial charge in [-0.15, -0.1) is 0 Å². The zero-order chi connectivity index (χ0) is 6.69. The fraction of sp³-hybridized carbons (Fsp3) is 0. The smallest absolute Gasteiger partial charge is 0.274 e. The van der Waals surface area contributed by atoms with Crippen LogP contribution in [0.25, 0.3) is 0 Å². The zero-order valence-corrected chi connectivity index (χ0v) is 4.40. The Morgan fingerprint density at radius 1 is 1.67 bits per heavy atom. The van der Waals surface area contributed by atoms with Crippen LogP contribution in [0.3, 0.4) is 0 Å². The molecule has 4 heteroatoms. The Morgan fingerprint density at radius 3 is 2.89 bits per heavy atom. The van der Waals surface area contributed by atoms with E-state index in [4.69, 9.17) is 5.11 Å². The van der Waals surface area contributed by atoms with Crippen LogP contribution in [0, 0.1) is 0 Å².